The molecule has 0 saturated carbocycles. The Morgan fingerprint density at radius 1 is 0.679 bits per heavy atom. The number of thiocarbonyl (C=S) groups is 1. The highest BCUT2D eigenvalue weighted by Crippen LogP contribution is 2.11. The van der Waals surface area contributed by atoms with Gasteiger partial charge in [-0.15, -0.1) is 0 Å². The smallest absolute Gasteiger partial charge is 0.166 e. The van der Waals surface area contributed by atoms with E-state index in [1.165, 1.54) is 22.3 Å². The second-order valence-corrected chi connectivity index (χ2v) is 7.00. The molecule has 0 heterocycles. The molecule has 3 aromatic rings. The SMILES string of the molecule is S=C(NCCc1ccccc1)NCc1ccccc1COCc1ccccc1. The van der Waals surface area contributed by atoms with Crippen LogP contribution in [0.5, 0.6) is 0 Å². The molecule has 0 radical (unpaired) electrons. The topological polar surface area (TPSA) is 33.3 Å². The van der Waals surface area contributed by atoms with Gasteiger partial charge < -0.3 is 15.4 Å². The summed E-state index contributed by atoms with van der Waals surface area (Å²) in [4.78, 5) is 0. The van der Waals surface area contributed by atoms with Gasteiger partial charge in [-0.1, -0.05) is 84.9 Å². The Balaban J connectivity index is 1.41. The Bertz CT molecular complexity index is 853. The second-order valence-electron chi connectivity index (χ2n) is 6.59. The molecule has 0 unspecified atom stereocenters. The molecule has 0 aromatic heterocycles. The van der Waals surface area contributed by atoms with Crippen molar-refractivity contribution < 1.29 is 4.74 Å². The summed E-state index contributed by atoms with van der Waals surface area (Å²) in [6.07, 6.45) is 0.951. The predicted molar refractivity (Wildman–Crippen MR) is 119 cm³/mol. The molecule has 0 atom stereocenters. The van der Waals surface area contributed by atoms with Gasteiger partial charge in [0.05, 0.1) is 13.2 Å². The molecular formula is C24H26N2OS. The Hall–Kier alpha value is -2.69. The number of ether oxygens (including phenoxy) is 1. The van der Waals surface area contributed by atoms with Crippen LogP contribution in [0.15, 0.2) is 84.9 Å². The lowest BCUT2D eigenvalue weighted by atomic mass is 10.1. The fourth-order valence-corrected chi connectivity index (χ4v) is 3.10. The Morgan fingerprint density at radius 3 is 2.00 bits per heavy atom. The van der Waals surface area contributed by atoms with Crippen LogP contribution in [0.4, 0.5) is 0 Å². The van der Waals surface area contributed by atoms with Gasteiger partial charge >= 0.3 is 0 Å². The molecule has 0 spiro atoms. The van der Waals surface area contributed by atoms with Crippen LogP contribution < -0.4 is 10.6 Å². The van der Waals surface area contributed by atoms with Crippen molar-refractivity contribution in [3.8, 4) is 0 Å². The number of benzene rings is 3. The summed E-state index contributed by atoms with van der Waals surface area (Å²) in [6.45, 7) is 2.70. The van der Waals surface area contributed by atoms with Crippen molar-refractivity contribution in [2.24, 2.45) is 0 Å². The molecular weight excluding hydrogens is 364 g/mol. The van der Waals surface area contributed by atoms with Gasteiger partial charge in [0.15, 0.2) is 5.11 Å². The van der Waals surface area contributed by atoms with Crippen LogP contribution in [-0.4, -0.2) is 11.7 Å². The molecule has 2 N–H and O–H groups in total. The molecule has 28 heavy (non-hydrogen) atoms. The van der Waals surface area contributed by atoms with Gasteiger partial charge in [-0.25, -0.2) is 0 Å². The normalized spacial score (nSPS) is 10.4. The van der Waals surface area contributed by atoms with E-state index in [1.807, 2.05) is 36.4 Å². The van der Waals surface area contributed by atoms with Crippen molar-refractivity contribution in [1.29, 1.82) is 0 Å². The summed E-state index contributed by atoms with van der Waals surface area (Å²) >= 11 is 5.41. The summed E-state index contributed by atoms with van der Waals surface area (Å²) in [5.41, 5.74) is 4.86. The van der Waals surface area contributed by atoms with Crippen molar-refractivity contribution >= 4 is 17.3 Å². The van der Waals surface area contributed by atoms with Crippen molar-refractivity contribution in [1.82, 2.24) is 10.6 Å². The third kappa shape index (κ3) is 6.80. The van der Waals surface area contributed by atoms with Crippen molar-refractivity contribution in [3.05, 3.63) is 107 Å². The van der Waals surface area contributed by atoms with Gasteiger partial charge in [0.25, 0.3) is 0 Å². The van der Waals surface area contributed by atoms with E-state index in [4.69, 9.17) is 17.0 Å². The summed E-state index contributed by atoms with van der Waals surface area (Å²) in [6, 6.07) is 28.9. The van der Waals surface area contributed by atoms with Crippen LogP contribution in [0, 0.1) is 0 Å². The van der Waals surface area contributed by atoms with E-state index >= 15 is 0 Å². The zero-order valence-corrected chi connectivity index (χ0v) is 16.8. The monoisotopic (exact) mass is 390 g/mol. The maximum absolute atomic E-state index is 5.89. The first-order valence-electron chi connectivity index (χ1n) is 9.55. The van der Waals surface area contributed by atoms with Gasteiger partial charge in [0.2, 0.25) is 0 Å². The third-order valence-electron chi connectivity index (χ3n) is 4.47. The average molecular weight is 391 g/mol. The Morgan fingerprint density at radius 2 is 1.29 bits per heavy atom. The first-order valence-corrected chi connectivity index (χ1v) is 9.96. The van der Waals surface area contributed by atoms with Crippen LogP contribution in [0.2, 0.25) is 0 Å². The standard InChI is InChI=1S/C24H26N2OS/c28-24(25-16-15-20-9-3-1-4-10-20)26-17-22-13-7-8-14-23(22)19-27-18-21-11-5-2-6-12-21/h1-14H,15-19H2,(H2,25,26,28). The van der Waals surface area contributed by atoms with Gasteiger partial charge in [-0.2, -0.15) is 0 Å². The van der Waals surface area contributed by atoms with Crippen LogP contribution >= 0.6 is 12.2 Å². The first kappa shape index (κ1) is 20.1. The molecule has 3 nitrogen and oxygen atoms in total. The number of hydrogen-bond acceptors (Lipinski definition) is 2. The highest BCUT2D eigenvalue weighted by atomic mass is 32.1. The molecule has 0 aliphatic heterocycles. The molecule has 0 fully saturated rings. The van der Waals surface area contributed by atoms with Gasteiger partial charge in [0, 0.05) is 13.1 Å². The molecule has 144 valence electrons. The van der Waals surface area contributed by atoms with Crippen molar-refractivity contribution in [2.45, 2.75) is 26.2 Å². The van der Waals surface area contributed by atoms with E-state index in [9.17, 15) is 0 Å². The quantitative estimate of drug-likeness (QED) is 0.523. The van der Waals surface area contributed by atoms with Crippen LogP contribution in [0.1, 0.15) is 22.3 Å². The number of nitrogens with one attached hydrogen (secondary N) is 2. The highest BCUT2D eigenvalue weighted by Gasteiger charge is 2.04. The summed E-state index contributed by atoms with van der Waals surface area (Å²) in [5, 5.41) is 7.25. The van der Waals surface area contributed by atoms with Gasteiger partial charge in [0.1, 0.15) is 0 Å². The molecule has 0 aliphatic rings. The maximum Gasteiger partial charge on any atom is 0.166 e. The number of hydrogen-bond donors (Lipinski definition) is 2. The second kappa shape index (κ2) is 11.2. The molecule has 0 bridgehead atoms. The van der Waals surface area contributed by atoms with Crippen LogP contribution in [-0.2, 0) is 30.9 Å². The third-order valence-corrected chi connectivity index (χ3v) is 4.76. The van der Waals surface area contributed by atoms with Crippen LogP contribution in [0.3, 0.4) is 0 Å². The molecule has 3 aromatic carbocycles. The van der Waals surface area contributed by atoms with Crippen molar-refractivity contribution in [2.75, 3.05) is 6.54 Å². The Labute approximate surface area is 172 Å². The van der Waals surface area contributed by atoms with Gasteiger partial charge in [-0.05, 0) is 40.9 Å². The van der Waals surface area contributed by atoms with Gasteiger partial charge in [-0.3, -0.25) is 0 Å². The fraction of sp³-hybridized carbons (Fsp3) is 0.208. The Kier molecular flexibility index (Phi) is 8.04. The first-order chi connectivity index (χ1) is 13.8. The molecule has 3 rings (SSSR count). The summed E-state index contributed by atoms with van der Waals surface area (Å²) < 4.78 is 5.89. The molecule has 0 aliphatic carbocycles. The zero-order valence-electron chi connectivity index (χ0n) is 15.9. The zero-order chi connectivity index (χ0) is 19.4. The lowest BCUT2D eigenvalue weighted by Crippen LogP contribution is -2.36. The summed E-state index contributed by atoms with van der Waals surface area (Å²) in [5.74, 6) is 0. The lowest BCUT2D eigenvalue weighted by molar-refractivity contribution is 0.106. The largest absolute Gasteiger partial charge is 0.372 e. The maximum atomic E-state index is 5.89. The molecule has 0 amide bonds. The van der Waals surface area contributed by atoms with E-state index in [2.05, 4.69) is 59.2 Å². The van der Waals surface area contributed by atoms with Crippen molar-refractivity contribution in [3.63, 3.8) is 0 Å². The van der Waals surface area contributed by atoms with Crippen LogP contribution in [0.25, 0.3) is 0 Å². The summed E-state index contributed by atoms with van der Waals surface area (Å²) in [7, 11) is 0. The fourth-order valence-electron chi connectivity index (χ4n) is 2.93. The predicted octanol–water partition coefficient (Wildman–Crippen LogP) is 4.61. The average Bonchev–Trinajstić information content (AvgIpc) is 2.74. The van der Waals surface area contributed by atoms with E-state index < -0.39 is 0 Å². The van der Waals surface area contributed by atoms with E-state index in [1.54, 1.807) is 0 Å². The van der Waals surface area contributed by atoms with E-state index in [0.29, 0.717) is 24.9 Å². The highest BCUT2D eigenvalue weighted by molar-refractivity contribution is 7.80. The van der Waals surface area contributed by atoms with E-state index in [-0.39, 0.29) is 0 Å². The minimum absolute atomic E-state index is 0.584. The lowest BCUT2D eigenvalue weighted by Gasteiger charge is -2.14. The minimum atomic E-state index is 0.584. The number of rotatable bonds is 9. The molecule has 4 heteroatoms. The minimum Gasteiger partial charge on any atom is -0.372 e. The van der Waals surface area contributed by atoms with E-state index in [0.717, 1.165) is 13.0 Å². The molecule has 0 saturated heterocycles.